The minimum absolute atomic E-state index is 0.0819. The molecule has 0 bridgehead atoms. The zero-order valence-electron chi connectivity index (χ0n) is 10.1. The van der Waals surface area contributed by atoms with Crippen LogP contribution in [0, 0.1) is 13.8 Å². The van der Waals surface area contributed by atoms with E-state index in [0.717, 1.165) is 11.1 Å². The average Bonchev–Trinajstić information content (AvgIpc) is 2.64. The van der Waals surface area contributed by atoms with E-state index in [-0.39, 0.29) is 11.6 Å². The molecule has 0 atom stereocenters. The second-order valence-electron chi connectivity index (χ2n) is 4.54. The van der Waals surface area contributed by atoms with Gasteiger partial charge in [-0.25, -0.2) is 0 Å². The fourth-order valence-corrected chi connectivity index (χ4v) is 5.37. The lowest BCUT2D eigenvalue weighted by Crippen LogP contribution is -2.20. The van der Waals surface area contributed by atoms with Crippen LogP contribution in [0.3, 0.4) is 0 Å². The first-order valence-electron chi connectivity index (χ1n) is 5.60. The molecule has 0 saturated carbocycles. The molecule has 19 heavy (non-hydrogen) atoms. The third-order valence-corrected chi connectivity index (χ3v) is 5.93. The topological polar surface area (TPSA) is 34.1 Å². The third-order valence-electron chi connectivity index (χ3n) is 3.40. The number of carbonyl (C=O) groups is 2. The van der Waals surface area contributed by atoms with Crippen molar-refractivity contribution in [1.82, 2.24) is 0 Å². The zero-order chi connectivity index (χ0) is 13.9. The number of aryl methyl sites for hydroxylation is 2. The maximum absolute atomic E-state index is 12.6. The first-order valence-corrected chi connectivity index (χ1v) is 8.00. The van der Waals surface area contributed by atoms with Crippen LogP contribution in [-0.4, -0.2) is 11.6 Å². The molecule has 2 aromatic rings. The number of thiophene rings is 1. The molecule has 0 radical (unpaired) electrons. The molecule has 1 heterocycles. The molecule has 1 aromatic heterocycles. The quantitative estimate of drug-likeness (QED) is 0.550. The summed E-state index contributed by atoms with van der Waals surface area (Å²) in [4.78, 5) is 25.1. The third kappa shape index (κ3) is 1.79. The Morgan fingerprint density at radius 2 is 1.21 bits per heavy atom. The van der Waals surface area contributed by atoms with Gasteiger partial charge in [0.2, 0.25) is 0 Å². The van der Waals surface area contributed by atoms with Gasteiger partial charge < -0.3 is 0 Å². The highest BCUT2D eigenvalue weighted by Crippen LogP contribution is 2.42. The van der Waals surface area contributed by atoms with Crippen molar-refractivity contribution in [2.45, 2.75) is 13.8 Å². The second-order valence-corrected chi connectivity index (χ2v) is 8.20. The highest BCUT2D eigenvalue weighted by Gasteiger charge is 2.35. The Kier molecular flexibility index (Phi) is 3.04. The maximum Gasteiger partial charge on any atom is 0.196 e. The summed E-state index contributed by atoms with van der Waals surface area (Å²) in [6.45, 7) is 3.89. The molecular weight excluding hydrogens is 392 g/mol. The molecule has 0 N–H and O–H groups in total. The predicted octanol–water partition coefficient (Wildman–Crippen LogP) is 4.67. The van der Waals surface area contributed by atoms with Crippen molar-refractivity contribution >= 4 is 54.8 Å². The van der Waals surface area contributed by atoms with Gasteiger partial charge in [-0.3, -0.25) is 9.59 Å². The van der Waals surface area contributed by atoms with Crippen molar-refractivity contribution in [1.29, 1.82) is 0 Å². The largest absolute Gasteiger partial charge is 0.288 e. The van der Waals surface area contributed by atoms with E-state index in [1.807, 2.05) is 26.0 Å². The normalized spacial score (nSPS) is 13.5. The van der Waals surface area contributed by atoms with Crippen molar-refractivity contribution < 1.29 is 9.59 Å². The first kappa shape index (κ1) is 13.2. The van der Waals surface area contributed by atoms with Crippen LogP contribution in [-0.2, 0) is 0 Å². The van der Waals surface area contributed by atoms with E-state index < -0.39 is 0 Å². The Balaban J connectivity index is 2.37. The lowest BCUT2D eigenvalue weighted by Gasteiger charge is -2.17. The van der Waals surface area contributed by atoms with Gasteiger partial charge in [-0.15, -0.1) is 11.3 Å². The summed E-state index contributed by atoms with van der Waals surface area (Å²) in [5.41, 5.74) is 4.02. The molecule has 0 unspecified atom stereocenters. The van der Waals surface area contributed by atoms with E-state index in [2.05, 4.69) is 31.9 Å². The van der Waals surface area contributed by atoms with Gasteiger partial charge in [-0.05, 0) is 69.0 Å². The van der Waals surface area contributed by atoms with Gasteiger partial charge in [-0.2, -0.15) is 0 Å². The van der Waals surface area contributed by atoms with Gasteiger partial charge >= 0.3 is 0 Å². The van der Waals surface area contributed by atoms with E-state index in [1.165, 1.54) is 11.3 Å². The SMILES string of the molecule is Cc1cc2c(cc1C)C(=O)c1c(Br)sc(Br)c1C2=O. The lowest BCUT2D eigenvalue weighted by molar-refractivity contribution is 0.0979. The fraction of sp³-hybridized carbons (Fsp3) is 0.143. The van der Waals surface area contributed by atoms with Gasteiger partial charge in [0.1, 0.15) is 0 Å². The predicted molar refractivity (Wildman–Crippen MR) is 82.5 cm³/mol. The summed E-state index contributed by atoms with van der Waals surface area (Å²) in [5, 5.41) is 0. The summed E-state index contributed by atoms with van der Waals surface area (Å²) in [5.74, 6) is -0.164. The molecule has 3 rings (SSSR count). The summed E-state index contributed by atoms with van der Waals surface area (Å²) in [7, 11) is 0. The van der Waals surface area contributed by atoms with Crippen molar-refractivity contribution in [2.24, 2.45) is 0 Å². The van der Waals surface area contributed by atoms with E-state index in [9.17, 15) is 9.59 Å². The molecule has 2 nitrogen and oxygen atoms in total. The Labute approximate surface area is 131 Å². The van der Waals surface area contributed by atoms with E-state index in [1.54, 1.807) is 0 Å². The van der Waals surface area contributed by atoms with Crippen molar-refractivity contribution in [3.63, 3.8) is 0 Å². The number of rotatable bonds is 0. The zero-order valence-corrected chi connectivity index (χ0v) is 14.1. The van der Waals surface area contributed by atoms with Crippen LogP contribution in [0.2, 0.25) is 0 Å². The van der Waals surface area contributed by atoms with Crippen molar-refractivity contribution in [3.8, 4) is 0 Å². The van der Waals surface area contributed by atoms with E-state index in [0.29, 0.717) is 29.8 Å². The Bertz CT molecular complexity index is 698. The van der Waals surface area contributed by atoms with Gasteiger partial charge in [0, 0.05) is 11.1 Å². The van der Waals surface area contributed by atoms with E-state index in [4.69, 9.17) is 0 Å². The van der Waals surface area contributed by atoms with E-state index >= 15 is 0 Å². The van der Waals surface area contributed by atoms with Crippen LogP contribution in [0.25, 0.3) is 0 Å². The molecular formula is C14H8Br2O2S. The fourth-order valence-electron chi connectivity index (χ4n) is 2.24. The van der Waals surface area contributed by atoms with Crippen LogP contribution in [0.1, 0.15) is 43.0 Å². The van der Waals surface area contributed by atoms with Gasteiger partial charge in [0.25, 0.3) is 0 Å². The van der Waals surface area contributed by atoms with Crippen LogP contribution >= 0.6 is 43.2 Å². The van der Waals surface area contributed by atoms with Gasteiger partial charge in [-0.1, -0.05) is 0 Å². The summed E-state index contributed by atoms with van der Waals surface area (Å²) in [6.07, 6.45) is 0. The Morgan fingerprint density at radius 3 is 1.58 bits per heavy atom. The van der Waals surface area contributed by atoms with Gasteiger partial charge in [0.15, 0.2) is 11.6 Å². The number of fused-ring (bicyclic) bond motifs is 2. The molecule has 1 aliphatic carbocycles. The molecule has 96 valence electrons. The minimum atomic E-state index is -0.0819. The standard InChI is InChI=1S/C14H8Br2O2S/c1-5-3-7-8(4-6(5)2)12(18)10-9(11(7)17)13(15)19-14(10)16/h3-4H,1-2H3. The molecule has 1 aliphatic rings. The Morgan fingerprint density at radius 1 is 0.842 bits per heavy atom. The van der Waals surface area contributed by atoms with Crippen molar-refractivity contribution in [2.75, 3.05) is 0 Å². The highest BCUT2D eigenvalue weighted by molar-refractivity contribution is 9.12. The van der Waals surface area contributed by atoms with Gasteiger partial charge in [0.05, 0.1) is 18.7 Å². The smallest absolute Gasteiger partial charge is 0.196 e. The average molecular weight is 400 g/mol. The maximum atomic E-state index is 12.6. The number of hydrogen-bond donors (Lipinski definition) is 0. The van der Waals surface area contributed by atoms with Crippen molar-refractivity contribution in [3.05, 3.63) is 53.1 Å². The molecule has 5 heteroatoms. The molecule has 1 aromatic carbocycles. The second kappa shape index (κ2) is 4.36. The number of carbonyl (C=O) groups excluding carboxylic acids is 2. The number of benzene rings is 1. The first-order chi connectivity index (χ1) is 8.91. The summed E-state index contributed by atoms with van der Waals surface area (Å²) in [6, 6.07) is 3.62. The Hall–Kier alpha value is -0.780. The summed E-state index contributed by atoms with van der Waals surface area (Å²) < 4.78 is 1.41. The highest BCUT2D eigenvalue weighted by atomic mass is 79.9. The van der Waals surface area contributed by atoms with Crippen LogP contribution in [0.5, 0.6) is 0 Å². The molecule has 0 saturated heterocycles. The number of halogens is 2. The van der Waals surface area contributed by atoms with Crippen LogP contribution in [0.4, 0.5) is 0 Å². The monoisotopic (exact) mass is 398 g/mol. The molecule has 0 amide bonds. The molecule has 0 spiro atoms. The van der Waals surface area contributed by atoms with Crippen LogP contribution < -0.4 is 0 Å². The number of hydrogen-bond acceptors (Lipinski definition) is 3. The van der Waals surface area contributed by atoms with Crippen LogP contribution in [0.15, 0.2) is 19.7 Å². The molecule has 0 aliphatic heterocycles. The lowest BCUT2D eigenvalue weighted by atomic mass is 9.84. The summed E-state index contributed by atoms with van der Waals surface area (Å²) >= 11 is 8.11. The minimum Gasteiger partial charge on any atom is -0.288 e. The molecule has 0 fully saturated rings. The number of ketones is 2.